The molecule has 18 heavy (non-hydrogen) atoms. The van der Waals surface area contributed by atoms with E-state index in [1.54, 1.807) is 6.07 Å². The van der Waals surface area contributed by atoms with Gasteiger partial charge in [0.1, 0.15) is 0 Å². The normalized spacial score (nSPS) is 12.1. The van der Waals surface area contributed by atoms with Crippen LogP contribution in [0.25, 0.3) is 0 Å². The van der Waals surface area contributed by atoms with Crippen molar-refractivity contribution < 1.29 is 5.21 Å². The summed E-state index contributed by atoms with van der Waals surface area (Å²) in [5.74, 6) is 2.84. The van der Waals surface area contributed by atoms with Crippen molar-refractivity contribution in [3.05, 3.63) is 34.3 Å². The summed E-state index contributed by atoms with van der Waals surface area (Å²) in [5, 5.41) is 12.2. The number of halogens is 1. The molecule has 5 heteroatoms. The summed E-state index contributed by atoms with van der Waals surface area (Å²) in [6.45, 7) is 4.44. The van der Waals surface area contributed by atoms with Gasteiger partial charge in [0, 0.05) is 16.3 Å². The molecule has 0 atom stereocenters. The first-order valence-electron chi connectivity index (χ1n) is 5.88. The topological polar surface area (TPSA) is 58.6 Å². The van der Waals surface area contributed by atoms with Gasteiger partial charge in [-0.25, -0.2) is 0 Å². The number of nitrogens with zero attached hydrogens (tertiary/aromatic N) is 1. The molecule has 1 aromatic carbocycles. The molecule has 0 unspecified atom stereocenters. The van der Waals surface area contributed by atoms with E-state index in [0.29, 0.717) is 10.6 Å². The number of hydrogen-bond donors (Lipinski definition) is 2. The lowest BCUT2D eigenvalue weighted by Gasteiger charge is -2.07. The predicted molar refractivity (Wildman–Crippen MR) is 79.6 cm³/mol. The quantitative estimate of drug-likeness (QED) is 0.275. The highest BCUT2D eigenvalue weighted by molar-refractivity contribution is 7.98. The Hall–Kier alpha value is -0.870. The zero-order valence-electron chi connectivity index (χ0n) is 10.7. The molecule has 0 radical (unpaired) electrons. The van der Waals surface area contributed by atoms with Gasteiger partial charge in [0.2, 0.25) is 0 Å². The molecule has 0 fully saturated rings. The SMILES string of the molecule is CC(C)CCSCc1ccc(/C(N)=N/O)cc1Cl. The Kier molecular flexibility index (Phi) is 6.36. The van der Waals surface area contributed by atoms with Crippen molar-refractivity contribution in [2.45, 2.75) is 26.0 Å². The van der Waals surface area contributed by atoms with Crippen LogP contribution in [0.5, 0.6) is 0 Å². The third-order valence-corrected chi connectivity index (χ3v) is 3.95. The van der Waals surface area contributed by atoms with Gasteiger partial charge in [0.25, 0.3) is 0 Å². The van der Waals surface area contributed by atoms with E-state index in [4.69, 9.17) is 22.5 Å². The summed E-state index contributed by atoms with van der Waals surface area (Å²) >= 11 is 8.04. The molecule has 0 aromatic heterocycles. The maximum Gasteiger partial charge on any atom is 0.170 e. The summed E-state index contributed by atoms with van der Waals surface area (Å²) in [7, 11) is 0. The van der Waals surface area contributed by atoms with E-state index < -0.39 is 0 Å². The van der Waals surface area contributed by atoms with Crippen LogP contribution >= 0.6 is 23.4 Å². The zero-order chi connectivity index (χ0) is 13.5. The van der Waals surface area contributed by atoms with Gasteiger partial charge in [-0.05, 0) is 29.7 Å². The molecule has 0 saturated carbocycles. The van der Waals surface area contributed by atoms with Crippen LogP contribution < -0.4 is 5.73 Å². The predicted octanol–water partition coefficient (Wildman–Crippen LogP) is 3.71. The van der Waals surface area contributed by atoms with E-state index in [1.165, 1.54) is 6.42 Å². The standard InChI is InChI=1S/C13H19ClN2OS/c1-9(2)5-6-18-8-11-4-3-10(7-12(11)14)13(15)16-17/h3-4,7,9,17H,5-6,8H2,1-2H3,(H2,15,16). The van der Waals surface area contributed by atoms with Crippen LogP contribution in [0.1, 0.15) is 31.4 Å². The average molecular weight is 287 g/mol. The number of thioether (sulfide) groups is 1. The Morgan fingerprint density at radius 1 is 1.50 bits per heavy atom. The van der Waals surface area contributed by atoms with Gasteiger partial charge in [-0.2, -0.15) is 11.8 Å². The smallest absolute Gasteiger partial charge is 0.170 e. The van der Waals surface area contributed by atoms with E-state index >= 15 is 0 Å². The van der Waals surface area contributed by atoms with E-state index in [1.807, 2.05) is 23.9 Å². The fourth-order valence-corrected chi connectivity index (χ4v) is 2.96. The molecule has 100 valence electrons. The van der Waals surface area contributed by atoms with Crippen LogP contribution in [0.15, 0.2) is 23.4 Å². The molecule has 0 saturated heterocycles. The number of benzene rings is 1. The molecular weight excluding hydrogens is 268 g/mol. The van der Waals surface area contributed by atoms with Crippen molar-refractivity contribution in [2.24, 2.45) is 16.8 Å². The van der Waals surface area contributed by atoms with Crippen molar-refractivity contribution in [2.75, 3.05) is 5.75 Å². The van der Waals surface area contributed by atoms with E-state index in [2.05, 4.69) is 19.0 Å². The molecule has 0 heterocycles. The Bertz CT molecular complexity index is 421. The number of hydrogen-bond acceptors (Lipinski definition) is 3. The molecule has 3 nitrogen and oxygen atoms in total. The molecule has 0 amide bonds. The summed E-state index contributed by atoms with van der Waals surface area (Å²) < 4.78 is 0. The maximum atomic E-state index is 8.59. The molecule has 0 spiro atoms. The van der Waals surface area contributed by atoms with E-state index in [-0.39, 0.29) is 5.84 Å². The molecule has 0 aliphatic heterocycles. The fraction of sp³-hybridized carbons (Fsp3) is 0.462. The first-order chi connectivity index (χ1) is 8.54. The second kappa shape index (κ2) is 7.54. The number of nitrogens with two attached hydrogens (primary N) is 1. The van der Waals surface area contributed by atoms with E-state index in [9.17, 15) is 0 Å². The molecule has 1 rings (SSSR count). The summed E-state index contributed by atoms with van der Waals surface area (Å²) in [4.78, 5) is 0. The number of amidine groups is 1. The van der Waals surface area contributed by atoms with Gasteiger partial charge < -0.3 is 10.9 Å². The second-order valence-corrected chi connectivity index (χ2v) is 6.04. The minimum atomic E-state index is 0.0795. The summed E-state index contributed by atoms with van der Waals surface area (Å²) in [5.41, 5.74) is 7.23. The molecule has 0 aliphatic carbocycles. The average Bonchev–Trinajstić information content (AvgIpc) is 2.34. The van der Waals surface area contributed by atoms with Crippen molar-refractivity contribution >= 4 is 29.2 Å². The van der Waals surface area contributed by atoms with Gasteiger partial charge in [-0.1, -0.05) is 42.7 Å². The molecule has 0 bridgehead atoms. The van der Waals surface area contributed by atoms with Crippen LogP contribution in [0.3, 0.4) is 0 Å². The van der Waals surface area contributed by atoms with Crippen LogP contribution in [0, 0.1) is 5.92 Å². The van der Waals surface area contributed by atoms with Crippen molar-refractivity contribution in [1.29, 1.82) is 0 Å². The Labute approximate surface area is 117 Å². The second-order valence-electron chi connectivity index (χ2n) is 4.53. The molecule has 1 aromatic rings. The fourth-order valence-electron chi connectivity index (χ4n) is 1.38. The van der Waals surface area contributed by atoms with Gasteiger partial charge in [0.05, 0.1) is 0 Å². The third-order valence-electron chi connectivity index (χ3n) is 2.55. The van der Waals surface area contributed by atoms with E-state index in [0.717, 1.165) is 23.0 Å². The van der Waals surface area contributed by atoms with Crippen molar-refractivity contribution in [1.82, 2.24) is 0 Å². The van der Waals surface area contributed by atoms with Crippen LogP contribution in [0.4, 0.5) is 0 Å². The third kappa shape index (κ3) is 4.78. The molecular formula is C13H19ClN2OS. The van der Waals surface area contributed by atoms with Crippen molar-refractivity contribution in [3.63, 3.8) is 0 Å². The van der Waals surface area contributed by atoms with Crippen LogP contribution in [-0.4, -0.2) is 16.8 Å². The summed E-state index contributed by atoms with van der Waals surface area (Å²) in [6, 6.07) is 5.48. The minimum Gasteiger partial charge on any atom is -0.409 e. The lowest BCUT2D eigenvalue weighted by molar-refractivity contribution is 0.318. The molecule has 3 N–H and O–H groups in total. The highest BCUT2D eigenvalue weighted by Gasteiger charge is 2.05. The maximum absolute atomic E-state index is 8.59. The first-order valence-corrected chi connectivity index (χ1v) is 7.42. The Morgan fingerprint density at radius 3 is 2.78 bits per heavy atom. The lowest BCUT2D eigenvalue weighted by Crippen LogP contribution is -2.13. The van der Waals surface area contributed by atoms with Crippen LogP contribution in [-0.2, 0) is 5.75 Å². The lowest BCUT2D eigenvalue weighted by atomic mass is 10.1. The van der Waals surface area contributed by atoms with Crippen LogP contribution in [0.2, 0.25) is 5.02 Å². The number of rotatable bonds is 6. The number of oxime groups is 1. The highest BCUT2D eigenvalue weighted by atomic mass is 35.5. The molecule has 0 aliphatic rings. The monoisotopic (exact) mass is 286 g/mol. The Balaban J connectivity index is 2.58. The van der Waals surface area contributed by atoms with Gasteiger partial charge in [0.15, 0.2) is 5.84 Å². The first kappa shape index (κ1) is 15.2. The van der Waals surface area contributed by atoms with Gasteiger partial charge in [-0.3, -0.25) is 0 Å². The largest absolute Gasteiger partial charge is 0.409 e. The minimum absolute atomic E-state index is 0.0795. The van der Waals surface area contributed by atoms with Gasteiger partial charge in [-0.15, -0.1) is 0 Å². The highest BCUT2D eigenvalue weighted by Crippen LogP contribution is 2.23. The van der Waals surface area contributed by atoms with Crippen molar-refractivity contribution in [3.8, 4) is 0 Å². The zero-order valence-corrected chi connectivity index (χ0v) is 12.3. The Morgan fingerprint density at radius 2 is 2.22 bits per heavy atom. The summed E-state index contributed by atoms with van der Waals surface area (Å²) in [6.07, 6.45) is 1.21. The van der Waals surface area contributed by atoms with Gasteiger partial charge >= 0.3 is 0 Å².